The molecule has 1 rings (SSSR count). The fourth-order valence-corrected chi connectivity index (χ4v) is 2.52. The predicted molar refractivity (Wildman–Crippen MR) is 75.6 cm³/mol. The van der Waals surface area contributed by atoms with E-state index in [-0.39, 0.29) is 6.03 Å². The zero-order valence-electron chi connectivity index (χ0n) is 11.8. The average molecular weight is 255 g/mol. The van der Waals surface area contributed by atoms with Crippen LogP contribution >= 0.6 is 0 Å². The van der Waals surface area contributed by atoms with Crippen molar-refractivity contribution in [2.75, 3.05) is 19.6 Å². The van der Waals surface area contributed by atoms with Crippen LogP contribution in [-0.4, -0.2) is 36.6 Å². The number of hydrogen-bond donors (Lipinski definition) is 2. The molecule has 0 bridgehead atoms. The van der Waals surface area contributed by atoms with Crippen molar-refractivity contribution in [1.82, 2.24) is 10.2 Å². The molecule has 0 unspecified atom stereocenters. The fourth-order valence-electron chi connectivity index (χ4n) is 2.52. The highest BCUT2D eigenvalue weighted by Gasteiger charge is 2.20. The van der Waals surface area contributed by atoms with Crippen LogP contribution in [0.25, 0.3) is 0 Å². The number of nitrogens with one attached hydrogen (secondary N) is 1. The molecule has 0 aromatic rings. The number of likely N-dealkylation sites (tertiary alicyclic amines) is 1. The monoisotopic (exact) mass is 255 g/mol. The second-order valence-corrected chi connectivity index (χ2v) is 5.32. The van der Waals surface area contributed by atoms with E-state index < -0.39 is 0 Å². The van der Waals surface area contributed by atoms with Crippen molar-refractivity contribution >= 4 is 6.03 Å². The third-order valence-electron chi connectivity index (χ3n) is 3.77. The molecule has 1 aliphatic heterocycles. The summed E-state index contributed by atoms with van der Waals surface area (Å²) >= 11 is 0. The SMILES string of the molecule is CCCCCCCCNC1CCN(C(N)=O)CC1. The van der Waals surface area contributed by atoms with Gasteiger partial charge in [-0.15, -0.1) is 0 Å². The van der Waals surface area contributed by atoms with Crippen LogP contribution in [0.2, 0.25) is 0 Å². The zero-order valence-corrected chi connectivity index (χ0v) is 11.8. The highest BCUT2D eigenvalue weighted by Crippen LogP contribution is 2.10. The van der Waals surface area contributed by atoms with Crippen LogP contribution in [0.5, 0.6) is 0 Å². The molecule has 3 N–H and O–H groups in total. The van der Waals surface area contributed by atoms with Crippen molar-refractivity contribution in [2.24, 2.45) is 5.73 Å². The van der Waals surface area contributed by atoms with Crippen LogP contribution in [0.1, 0.15) is 58.3 Å². The first-order valence-corrected chi connectivity index (χ1v) is 7.51. The minimum atomic E-state index is -0.274. The molecule has 1 fully saturated rings. The van der Waals surface area contributed by atoms with Crippen LogP contribution in [0.3, 0.4) is 0 Å². The Balaban J connectivity index is 1.93. The van der Waals surface area contributed by atoms with E-state index in [1.807, 2.05) is 0 Å². The van der Waals surface area contributed by atoms with Crippen LogP contribution in [-0.2, 0) is 0 Å². The summed E-state index contributed by atoms with van der Waals surface area (Å²) in [5, 5.41) is 3.59. The van der Waals surface area contributed by atoms with Crippen LogP contribution in [0.15, 0.2) is 0 Å². The van der Waals surface area contributed by atoms with Crippen molar-refractivity contribution in [1.29, 1.82) is 0 Å². The molecular weight excluding hydrogens is 226 g/mol. The number of rotatable bonds is 8. The summed E-state index contributed by atoms with van der Waals surface area (Å²) in [6.07, 6.45) is 10.1. The number of urea groups is 1. The zero-order chi connectivity index (χ0) is 13.2. The molecule has 0 aromatic heterocycles. The molecule has 1 aliphatic rings. The molecule has 1 heterocycles. The van der Waals surface area contributed by atoms with E-state index in [9.17, 15) is 4.79 Å². The highest BCUT2D eigenvalue weighted by atomic mass is 16.2. The Hall–Kier alpha value is -0.770. The van der Waals surface area contributed by atoms with Gasteiger partial charge in [0.2, 0.25) is 0 Å². The molecule has 0 spiro atoms. The lowest BCUT2D eigenvalue weighted by Gasteiger charge is -2.31. The van der Waals surface area contributed by atoms with Gasteiger partial charge in [0.25, 0.3) is 0 Å². The summed E-state index contributed by atoms with van der Waals surface area (Å²) < 4.78 is 0. The van der Waals surface area contributed by atoms with Crippen molar-refractivity contribution < 1.29 is 4.79 Å². The minimum Gasteiger partial charge on any atom is -0.351 e. The van der Waals surface area contributed by atoms with Crippen LogP contribution in [0, 0.1) is 0 Å². The number of primary amides is 1. The summed E-state index contributed by atoms with van der Waals surface area (Å²) in [5.74, 6) is 0. The van der Waals surface area contributed by atoms with E-state index in [1.54, 1.807) is 4.90 Å². The number of amides is 2. The fraction of sp³-hybridized carbons (Fsp3) is 0.929. The Morgan fingerprint density at radius 1 is 1.17 bits per heavy atom. The van der Waals surface area contributed by atoms with Gasteiger partial charge in [0.15, 0.2) is 0 Å². The topological polar surface area (TPSA) is 58.4 Å². The molecule has 4 heteroatoms. The second kappa shape index (κ2) is 9.20. The Kier molecular flexibility index (Phi) is 7.81. The maximum absolute atomic E-state index is 11.0. The number of unbranched alkanes of at least 4 members (excludes halogenated alkanes) is 5. The van der Waals surface area contributed by atoms with Gasteiger partial charge in [0.1, 0.15) is 0 Å². The van der Waals surface area contributed by atoms with Crippen LogP contribution < -0.4 is 11.1 Å². The summed E-state index contributed by atoms with van der Waals surface area (Å²) in [6.45, 7) is 4.99. The maximum atomic E-state index is 11.0. The van der Waals surface area contributed by atoms with E-state index in [1.165, 1.54) is 38.5 Å². The largest absolute Gasteiger partial charge is 0.351 e. The van der Waals surface area contributed by atoms with E-state index in [2.05, 4.69) is 12.2 Å². The average Bonchev–Trinajstić information content (AvgIpc) is 2.38. The standard InChI is InChI=1S/C14H29N3O/c1-2-3-4-5-6-7-10-16-13-8-11-17(12-9-13)14(15)18/h13,16H,2-12H2,1H3,(H2,15,18). The summed E-state index contributed by atoms with van der Waals surface area (Å²) in [4.78, 5) is 12.7. The van der Waals surface area contributed by atoms with Crippen molar-refractivity contribution in [3.8, 4) is 0 Å². The number of piperidine rings is 1. The van der Waals surface area contributed by atoms with Crippen LogP contribution in [0.4, 0.5) is 4.79 Å². The maximum Gasteiger partial charge on any atom is 0.314 e. The molecule has 2 amide bonds. The number of carbonyl (C=O) groups excluding carboxylic acids is 1. The summed E-state index contributed by atoms with van der Waals surface area (Å²) in [6, 6.07) is 0.306. The molecule has 0 aliphatic carbocycles. The van der Waals surface area contributed by atoms with E-state index >= 15 is 0 Å². The van der Waals surface area contributed by atoms with E-state index in [0.29, 0.717) is 6.04 Å². The van der Waals surface area contributed by atoms with Gasteiger partial charge in [-0.2, -0.15) is 0 Å². The molecule has 106 valence electrons. The summed E-state index contributed by atoms with van der Waals surface area (Å²) in [7, 11) is 0. The van der Waals surface area contributed by atoms with Gasteiger partial charge < -0.3 is 16.0 Å². The molecule has 4 nitrogen and oxygen atoms in total. The lowest BCUT2D eigenvalue weighted by Crippen LogP contribution is -2.46. The Morgan fingerprint density at radius 2 is 1.78 bits per heavy atom. The number of nitrogens with two attached hydrogens (primary N) is 1. The van der Waals surface area contributed by atoms with Crippen molar-refractivity contribution in [3.63, 3.8) is 0 Å². The molecule has 18 heavy (non-hydrogen) atoms. The third-order valence-corrected chi connectivity index (χ3v) is 3.77. The molecule has 0 atom stereocenters. The molecule has 0 aromatic carbocycles. The van der Waals surface area contributed by atoms with Crippen molar-refractivity contribution in [3.05, 3.63) is 0 Å². The first-order valence-electron chi connectivity index (χ1n) is 7.51. The molecule has 0 radical (unpaired) electrons. The number of nitrogens with zero attached hydrogens (tertiary/aromatic N) is 1. The lowest BCUT2D eigenvalue weighted by atomic mass is 10.0. The van der Waals surface area contributed by atoms with Gasteiger partial charge in [-0.05, 0) is 25.8 Å². The van der Waals surface area contributed by atoms with E-state index in [4.69, 9.17) is 5.73 Å². The Bertz CT molecular complexity index is 225. The first kappa shape index (κ1) is 15.3. The normalized spacial score (nSPS) is 17.1. The predicted octanol–water partition coefficient (Wildman–Crippen LogP) is 2.48. The minimum absolute atomic E-state index is 0.274. The quantitative estimate of drug-likeness (QED) is 0.655. The van der Waals surface area contributed by atoms with E-state index in [0.717, 1.165) is 32.5 Å². The Morgan fingerprint density at radius 3 is 2.39 bits per heavy atom. The number of carbonyl (C=O) groups is 1. The van der Waals surface area contributed by atoms with Gasteiger partial charge in [-0.25, -0.2) is 4.79 Å². The Labute approximate surface area is 111 Å². The second-order valence-electron chi connectivity index (χ2n) is 5.32. The summed E-state index contributed by atoms with van der Waals surface area (Å²) in [5.41, 5.74) is 5.26. The lowest BCUT2D eigenvalue weighted by molar-refractivity contribution is 0.185. The molecular formula is C14H29N3O. The first-order chi connectivity index (χ1) is 8.74. The number of hydrogen-bond acceptors (Lipinski definition) is 2. The van der Waals surface area contributed by atoms with Gasteiger partial charge in [0, 0.05) is 19.1 Å². The molecule has 1 saturated heterocycles. The van der Waals surface area contributed by atoms with Gasteiger partial charge in [0.05, 0.1) is 0 Å². The van der Waals surface area contributed by atoms with Gasteiger partial charge in [-0.1, -0.05) is 39.0 Å². The molecule has 0 saturated carbocycles. The van der Waals surface area contributed by atoms with Gasteiger partial charge in [-0.3, -0.25) is 0 Å². The smallest absolute Gasteiger partial charge is 0.314 e. The third kappa shape index (κ3) is 6.24. The van der Waals surface area contributed by atoms with Crippen molar-refractivity contribution in [2.45, 2.75) is 64.3 Å². The highest BCUT2D eigenvalue weighted by molar-refractivity contribution is 5.72. The van der Waals surface area contributed by atoms with Gasteiger partial charge >= 0.3 is 6.03 Å².